The quantitative estimate of drug-likeness (QED) is 0.482. The normalized spacial score (nSPS) is 13.3. The van der Waals surface area contributed by atoms with E-state index in [1.54, 1.807) is 4.90 Å². The molecule has 0 bridgehead atoms. The third-order valence-electron chi connectivity index (χ3n) is 5.35. The molecule has 0 saturated heterocycles. The fourth-order valence-electron chi connectivity index (χ4n) is 2.55. The number of nitrogens with zero attached hydrogens (tertiary/aromatic N) is 1. The van der Waals surface area contributed by atoms with Gasteiger partial charge in [-0.15, -0.1) is 0 Å². The van der Waals surface area contributed by atoms with Crippen molar-refractivity contribution < 1.29 is 23.5 Å². The van der Waals surface area contributed by atoms with Crippen molar-refractivity contribution in [3.63, 3.8) is 0 Å². The summed E-state index contributed by atoms with van der Waals surface area (Å²) < 4.78 is 17.1. The largest absolute Gasteiger partial charge is 0.445 e. The number of rotatable bonds is 9. The molecule has 1 N–H and O–H groups in total. The van der Waals surface area contributed by atoms with Crippen molar-refractivity contribution in [1.82, 2.24) is 10.2 Å². The molecule has 0 fully saturated rings. The Labute approximate surface area is 194 Å². The maximum atomic E-state index is 12.8. The molecule has 0 spiro atoms. The Morgan fingerprint density at radius 2 is 1.66 bits per heavy atom. The van der Waals surface area contributed by atoms with E-state index in [1.165, 1.54) is 0 Å². The number of hydrogen-bond donors (Lipinski definition) is 1. The Balaban J connectivity index is 2.66. The molecule has 1 aromatic rings. The van der Waals surface area contributed by atoms with Crippen molar-refractivity contribution in [3.05, 3.63) is 35.9 Å². The zero-order valence-corrected chi connectivity index (χ0v) is 22.3. The van der Waals surface area contributed by atoms with E-state index in [0.29, 0.717) is 13.2 Å². The number of alkyl carbamates (subject to hydrolysis) is 1. The van der Waals surface area contributed by atoms with Crippen molar-refractivity contribution in [2.24, 2.45) is 0 Å². The Morgan fingerprint density at radius 1 is 1.06 bits per heavy atom. The van der Waals surface area contributed by atoms with Crippen LogP contribution in [0.15, 0.2) is 30.3 Å². The molecule has 0 aromatic heterocycles. The molecule has 182 valence electrons. The molecule has 1 aromatic carbocycles. The highest BCUT2D eigenvalue weighted by Gasteiger charge is 2.37. The fourth-order valence-corrected chi connectivity index (χ4v) is 3.59. The van der Waals surface area contributed by atoms with E-state index < -0.39 is 26.1 Å². The lowest BCUT2D eigenvalue weighted by Gasteiger charge is -2.37. The lowest BCUT2D eigenvalue weighted by molar-refractivity contribution is 0.0204. The smallest absolute Gasteiger partial charge is 0.410 e. The number of carbonyl (C=O) groups excluding carboxylic acids is 2. The van der Waals surface area contributed by atoms with Gasteiger partial charge in [0.1, 0.15) is 12.2 Å². The first-order valence-corrected chi connectivity index (χ1v) is 14.1. The molecule has 0 heterocycles. The molecule has 0 aliphatic heterocycles. The zero-order chi connectivity index (χ0) is 24.6. The summed E-state index contributed by atoms with van der Waals surface area (Å²) in [5.74, 6) is 0. The van der Waals surface area contributed by atoms with Gasteiger partial charge in [-0.3, -0.25) is 0 Å². The van der Waals surface area contributed by atoms with Crippen molar-refractivity contribution in [2.45, 2.75) is 84.8 Å². The number of hydrogen-bond acceptors (Lipinski definition) is 5. The van der Waals surface area contributed by atoms with Gasteiger partial charge in [0.25, 0.3) is 0 Å². The van der Waals surface area contributed by atoms with Crippen LogP contribution in [-0.2, 0) is 20.5 Å². The summed E-state index contributed by atoms with van der Waals surface area (Å²) in [6.45, 7) is 19.5. The van der Waals surface area contributed by atoms with Crippen LogP contribution in [0.5, 0.6) is 0 Å². The SMILES string of the molecule is CC(CN(CCO[Si](C)(C)C(C)(C)C)C(=O)OC(C)(C)C)NC(=O)OCc1ccccc1. The zero-order valence-electron chi connectivity index (χ0n) is 21.3. The summed E-state index contributed by atoms with van der Waals surface area (Å²) >= 11 is 0. The first-order chi connectivity index (χ1) is 14.6. The van der Waals surface area contributed by atoms with Gasteiger partial charge < -0.3 is 24.1 Å². The molecule has 0 aliphatic carbocycles. The van der Waals surface area contributed by atoms with Gasteiger partial charge in [-0.1, -0.05) is 51.1 Å². The second-order valence-corrected chi connectivity index (χ2v) is 15.5. The minimum atomic E-state index is -1.93. The number of carbonyl (C=O) groups is 2. The molecule has 1 unspecified atom stereocenters. The summed E-state index contributed by atoms with van der Waals surface area (Å²) in [4.78, 5) is 26.5. The topological polar surface area (TPSA) is 77.1 Å². The minimum Gasteiger partial charge on any atom is -0.445 e. The second-order valence-electron chi connectivity index (χ2n) is 10.6. The van der Waals surface area contributed by atoms with Crippen LogP contribution in [-0.4, -0.2) is 56.7 Å². The molecule has 0 aliphatic rings. The van der Waals surface area contributed by atoms with E-state index in [1.807, 2.05) is 58.0 Å². The maximum absolute atomic E-state index is 12.8. The molecule has 32 heavy (non-hydrogen) atoms. The summed E-state index contributed by atoms with van der Waals surface area (Å²) in [7, 11) is -1.93. The highest BCUT2D eigenvalue weighted by atomic mass is 28.4. The number of ether oxygens (including phenoxy) is 2. The van der Waals surface area contributed by atoms with Gasteiger partial charge in [0, 0.05) is 19.1 Å². The summed E-state index contributed by atoms with van der Waals surface area (Å²) in [6.07, 6.45) is -0.953. The van der Waals surface area contributed by atoms with E-state index in [4.69, 9.17) is 13.9 Å². The van der Waals surface area contributed by atoms with Crippen LogP contribution in [0.3, 0.4) is 0 Å². The van der Waals surface area contributed by atoms with Crippen molar-refractivity contribution >= 4 is 20.5 Å². The predicted molar refractivity (Wildman–Crippen MR) is 130 cm³/mol. The van der Waals surface area contributed by atoms with Gasteiger partial charge in [0.05, 0.1) is 6.61 Å². The van der Waals surface area contributed by atoms with Crippen LogP contribution in [0.2, 0.25) is 18.1 Å². The van der Waals surface area contributed by atoms with Crippen LogP contribution < -0.4 is 5.32 Å². The lowest BCUT2D eigenvalue weighted by Crippen LogP contribution is -2.48. The molecule has 1 atom stereocenters. The fraction of sp³-hybridized carbons (Fsp3) is 0.667. The Morgan fingerprint density at radius 3 is 2.19 bits per heavy atom. The van der Waals surface area contributed by atoms with Gasteiger partial charge in [-0.25, -0.2) is 9.59 Å². The number of benzene rings is 1. The van der Waals surface area contributed by atoms with Gasteiger partial charge in [0.2, 0.25) is 0 Å². The average molecular weight is 467 g/mol. The molecule has 0 radical (unpaired) electrons. The predicted octanol–water partition coefficient (Wildman–Crippen LogP) is 5.56. The first kappa shape index (κ1) is 28.0. The maximum Gasteiger partial charge on any atom is 0.410 e. The Hall–Kier alpha value is -2.06. The van der Waals surface area contributed by atoms with Crippen LogP contribution in [0.4, 0.5) is 9.59 Å². The standard InChI is InChI=1S/C24H42N2O5Si/c1-19(25-21(27)29-18-20-13-11-10-12-14-20)17-26(22(28)31-23(2,3)4)15-16-30-32(8,9)24(5,6)7/h10-14,19H,15-18H2,1-9H3,(H,25,27). The van der Waals surface area contributed by atoms with E-state index in [-0.39, 0.29) is 24.2 Å². The van der Waals surface area contributed by atoms with Gasteiger partial charge in [-0.2, -0.15) is 0 Å². The second kappa shape index (κ2) is 11.7. The van der Waals surface area contributed by atoms with Gasteiger partial charge in [-0.05, 0) is 51.4 Å². The Bertz CT molecular complexity index is 726. The Kier molecular flexibility index (Phi) is 10.2. The molecule has 8 heteroatoms. The average Bonchev–Trinajstić information content (AvgIpc) is 2.64. The molecular weight excluding hydrogens is 424 g/mol. The van der Waals surface area contributed by atoms with Crippen molar-refractivity contribution in [2.75, 3.05) is 19.7 Å². The highest BCUT2D eigenvalue weighted by molar-refractivity contribution is 6.74. The monoisotopic (exact) mass is 466 g/mol. The molecule has 2 amide bonds. The summed E-state index contributed by atoms with van der Waals surface area (Å²) in [5, 5.41) is 2.87. The minimum absolute atomic E-state index is 0.0844. The van der Waals surface area contributed by atoms with Crippen molar-refractivity contribution in [3.8, 4) is 0 Å². The lowest BCUT2D eigenvalue weighted by atomic mass is 10.2. The van der Waals surface area contributed by atoms with E-state index >= 15 is 0 Å². The summed E-state index contributed by atoms with van der Waals surface area (Å²) in [6, 6.07) is 9.16. The third-order valence-corrected chi connectivity index (χ3v) is 9.89. The number of nitrogens with one attached hydrogen (secondary N) is 1. The molecule has 1 rings (SSSR count). The van der Waals surface area contributed by atoms with Crippen LogP contribution in [0.25, 0.3) is 0 Å². The third kappa shape index (κ3) is 10.5. The van der Waals surface area contributed by atoms with Gasteiger partial charge >= 0.3 is 12.2 Å². The van der Waals surface area contributed by atoms with Crippen molar-refractivity contribution in [1.29, 1.82) is 0 Å². The van der Waals surface area contributed by atoms with E-state index in [9.17, 15) is 9.59 Å². The highest BCUT2D eigenvalue weighted by Crippen LogP contribution is 2.36. The van der Waals surface area contributed by atoms with Crippen LogP contribution in [0.1, 0.15) is 54.0 Å². The van der Waals surface area contributed by atoms with E-state index in [0.717, 1.165) is 5.56 Å². The molecular formula is C24H42N2O5Si. The molecule has 0 saturated carbocycles. The molecule has 7 nitrogen and oxygen atoms in total. The van der Waals surface area contributed by atoms with Crippen LogP contribution in [0, 0.1) is 0 Å². The summed E-state index contributed by atoms with van der Waals surface area (Å²) in [5.41, 5.74) is 0.300. The van der Waals surface area contributed by atoms with Gasteiger partial charge in [0.15, 0.2) is 8.32 Å². The van der Waals surface area contributed by atoms with E-state index in [2.05, 4.69) is 39.2 Å². The van der Waals surface area contributed by atoms with Crippen LogP contribution >= 0.6 is 0 Å². The number of amides is 2. The first-order valence-electron chi connectivity index (χ1n) is 11.2.